The van der Waals surface area contributed by atoms with Crippen LogP contribution in [0.25, 0.3) is 11.1 Å². The molecule has 0 aliphatic carbocycles. The minimum absolute atomic E-state index is 0.0111. The molecule has 2 N–H and O–H groups in total. The highest BCUT2D eigenvalue weighted by Crippen LogP contribution is 2.45. The Morgan fingerprint density at radius 1 is 1.12 bits per heavy atom. The lowest BCUT2D eigenvalue weighted by molar-refractivity contribution is -0.149. The zero-order chi connectivity index (χ0) is 29.9. The van der Waals surface area contributed by atoms with Gasteiger partial charge in [-0.15, -0.1) is 0 Å². The zero-order valence-corrected chi connectivity index (χ0v) is 24.0. The standard InChI is InChI=1S/C30H36F3N3O5/c1-16-20(11-24(37)41-15-29(4,5)39)25(19-10-23(31)27-26(18(19)3)34-7-9-40-27)17(2)22-13-36(12-21(16)22)28(38)35-8-6-30(32,33)14-35/h10,34,39H,6-9,11-15H2,1-5H3. The highest BCUT2D eigenvalue weighted by atomic mass is 19.3. The van der Waals surface area contributed by atoms with E-state index in [0.717, 1.165) is 27.8 Å². The molecule has 2 aromatic rings. The molecule has 41 heavy (non-hydrogen) atoms. The summed E-state index contributed by atoms with van der Waals surface area (Å²) in [6.07, 6.45) is -0.501. The van der Waals surface area contributed by atoms with E-state index in [2.05, 4.69) is 5.32 Å². The molecule has 11 heteroatoms. The molecule has 0 atom stereocenters. The normalized spacial score (nSPS) is 17.6. The van der Waals surface area contributed by atoms with Crippen LogP contribution in [0.2, 0.25) is 0 Å². The van der Waals surface area contributed by atoms with Gasteiger partial charge in [-0.05, 0) is 85.2 Å². The number of likely N-dealkylation sites (tertiary alicyclic amines) is 1. The van der Waals surface area contributed by atoms with Gasteiger partial charge in [0, 0.05) is 32.6 Å². The molecule has 0 spiro atoms. The van der Waals surface area contributed by atoms with Crippen molar-refractivity contribution in [1.82, 2.24) is 9.80 Å². The Kier molecular flexibility index (Phi) is 7.38. The van der Waals surface area contributed by atoms with Gasteiger partial charge in [0.15, 0.2) is 11.6 Å². The molecule has 0 bridgehead atoms. The molecular weight excluding hydrogens is 539 g/mol. The number of nitrogens with one attached hydrogen (secondary N) is 1. The van der Waals surface area contributed by atoms with Crippen LogP contribution in [0.4, 0.5) is 23.7 Å². The number of benzene rings is 2. The van der Waals surface area contributed by atoms with Crippen molar-refractivity contribution in [2.45, 2.75) is 72.1 Å². The molecule has 2 amide bonds. The average Bonchev–Trinajstić information content (AvgIpc) is 3.52. The molecule has 5 rings (SSSR count). The maximum absolute atomic E-state index is 15.3. The van der Waals surface area contributed by atoms with Gasteiger partial charge in [-0.2, -0.15) is 0 Å². The van der Waals surface area contributed by atoms with Gasteiger partial charge in [0.2, 0.25) is 0 Å². The number of urea groups is 1. The minimum Gasteiger partial charge on any atom is -0.486 e. The van der Waals surface area contributed by atoms with Gasteiger partial charge in [0.1, 0.15) is 13.2 Å². The Hall–Kier alpha value is -3.47. The molecule has 0 saturated carbocycles. The number of alkyl halides is 2. The molecule has 3 heterocycles. The summed E-state index contributed by atoms with van der Waals surface area (Å²) in [7, 11) is 0. The maximum Gasteiger partial charge on any atom is 0.320 e. The zero-order valence-electron chi connectivity index (χ0n) is 24.0. The number of nitrogens with zero attached hydrogens (tertiary/aromatic N) is 2. The van der Waals surface area contributed by atoms with Crippen LogP contribution in [0.1, 0.15) is 53.6 Å². The minimum atomic E-state index is -2.90. The van der Waals surface area contributed by atoms with Crippen molar-refractivity contribution < 1.29 is 37.3 Å². The summed E-state index contributed by atoms with van der Waals surface area (Å²) in [4.78, 5) is 29.0. The van der Waals surface area contributed by atoms with Gasteiger partial charge in [-0.25, -0.2) is 18.0 Å². The van der Waals surface area contributed by atoms with E-state index in [4.69, 9.17) is 9.47 Å². The highest BCUT2D eigenvalue weighted by molar-refractivity contribution is 5.87. The Bertz CT molecular complexity index is 1420. The number of hydrogen-bond acceptors (Lipinski definition) is 6. The van der Waals surface area contributed by atoms with Crippen molar-refractivity contribution >= 4 is 17.7 Å². The fraction of sp³-hybridized carbons (Fsp3) is 0.533. The van der Waals surface area contributed by atoms with E-state index in [1.807, 2.05) is 20.8 Å². The van der Waals surface area contributed by atoms with E-state index < -0.39 is 35.9 Å². The molecule has 8 nitrogen and oxygen atoms in total. The summed E-state index contributed by atoms with van der Waals surface area (Å²) in [5.41, 5.74) is 5.18. The van der Waals surface area contributed by atoms with Crippen LogP contribution in [-0.4, -0.2) is 71.3 Å². The van der Waals surface area contributed by atoms with Crippen molar-refractivity contribution in [2.75, 3.05) is 38.2 Å². The van der Waals surface area contributed by atoms with Crippen LogP contribution in [0.5, 0.6) is 5.75 Å². The van der Waals surface area contributed by atoms with Crippen LogP contribution < -0.4 is 10.1 Å². The quantitative estimate of drug-likeness (QED) is 0.496. The topological polar surface area (TPSA) is 91.3 Å². The lowest BCUT2D eigenvalue weighted by atomic mass is 9.82. The van der Waals surface area contributed by atoms with Crippen molar-refractivity contribution in [2.24, 2.45) is 0 Å². The smallest absolute Gasteiger partial charge is 0.320 e. The van der Waals surface area contributed by atoms with Crippen LogP contribution in [0.3, 0.4) is 0 Å². The third-order valence-electron chi connectivity index (χ3n) is 8.13. The molecule has 0 radical (unpaired) electrons. The molecular formula is C30H36F3N3O5. The lowest BCUT2D eigenvalue weighted by Gasteiger charge is -2.26. The van der Waals surface area contributed by atoms with Crippen LogP contribution in [-0.2, 0) is 29.0 Å². The summed E-state index contributed by atoms with van der Waals surface area (Å²) < 4.78 is 54.0. The summed E-state index contributed by atoms with van der Waals surface area (Å²) in [5.74, 6) is -3.84. The van der Waals surface area contributed by atoms with Crippen LogP contribution in [0, 0.1) is 26.6 Å². The third kappa shape index (κ3) is 5.56. The first-order valence-corrected chi connectivity index (χ1v) is 13.8. The predicted molar refractivity (Wildman–Crippen MR) is 147 cm³/mol. The number of ether oxygens (including phenoxy) is 2. The Labute approximate surface area is 237 Å². The summed E-state index contributed by atoms with van der Waals surface area (Å²) >= 11 is 0. The number of aliphatic hydroxyl groups is 1. The number of hydrogen-bond donors (Lipinski definition) is 2. The van der Waals surface area contributed by atoms with E-state index in [1.165, 1.54) is 24.8 Å². The Morgan fingerprint density at radius 2 is 1.80 bits per heavy atom. The molecule has 0 unspecified atom stereocenters. The van der Waals surface area contributed by atoms with E-state index >= 15 is 4.39 Å². The monoisotopic (exact) mass is 575 g/mol. The van der Waals surface area contributed by atoms with Gasteiger partial charge < -0.3 is 29.7 Å². The predicted octanol–water partition coefficient (Wildman–Crippen LogP) is 4.86. The van der Waals surface area contributed by atoms with E-state index in [0.29, 0.717) is 35.5 Å². The first-order valence-electron chi connectivity index (χ1n) is 13.8. The number of carbonyl (C=O) groups excluding carboxylic acids is 2. The van der Waals surface area contributed by atoms with Crippen LogP contribution >= 0.6 is 0 Å². The third-order valence-corrected chi connectivity index (χ3v) is 8.13. The SMILES string of the molecule is Cc1c2c(c(C)c(-c3cc(F)c4c(c3C)NCCO4)c1CC(=O)OCC(C)(C)O)CN(C(=O)N1CCC(F)(F)C1)C2. The lowest BCUT2D eigenvalue weighted by Crippen LogP contribution is -2.40. The van der Waals surface area contributed by atoms with Gasteiger partial charge in [0.05, 0.1) is 24.3 Å². The van der Waals surface area contributed by atoms with E-state index in [9.17, 15) is 23.5 Å². The number of rotatable bonds is 5. The van der Waals surface area contributed by atoms with Crippen LogP contribution in [0.15, 0.2) is 6.07 Å². The number of halogens is 3. The maximum atomic E-state index is 15.3. The first-order chi connectivity index (χ1) is 19.2. The van der Waals surface area contributed by atoms with Crippen molar-refractivity contribution in [1.29, 1.82) is 0 Å². The molecule has 0 aromatic heterocycles. The molecule has 3 aliphatic heterocycles. The summed E-state index contributed by atoms with van der Waals surface area (Å²) in [6, 6.07) is 0.952. The fourth-order valence-electron chi connectivity index (χ4n) is 6.01. The molecule has 1 fully saturated rings. The Balaban J connectivity index is 1.59. The number of anilines is 1. The molecule has 2 aromatic carbocycles. The summed E-state index contributed by atoms with van der Waals surface area (Å²) in [6.45, 7) is 9.12. The second kappa shape index (κ2) is 10.4. The van der Waals surface area contributed by atoms with Crippen molar-refractivity contribution in [3.8, 4) is 16.9 Å². The number of carbonyl (C=O) groups is 2. The van der Waals surface area contributed by atoms with Gasteiger partial charge >= 0.3 is 12.0 Å². The second-order valence-electron chi connectivity index (χ2n) is 11.9. The number of amides is 2. The van der Waals surface area contributed by atoms with Crippen molar-refractivity contribution in [3.63, 3.8) is 0 Å². The molecule has 3 aliphatic rings. The van der Waals surface area contributed by atoms with Gasteiger partial charge in [-0.1, -0.05) is 0 Å². The Morgan fingerprint density at radius 3 is 2.44 bits per heavy atom. The second-order valence-corrected chi connectivity index (χ2v) is 11.9. The fourth-order valence-corrected chi connectivity index (χ4v) is 6.01. The van der Waals surface area contributed by atoms with Crippen molar-refractivity contribution in [3.05, 3.63) is 45.3 Å². The number of esters is 1. The average molecular weight is 576 g/mol. The first kappa shape index (κ1) is 29.0. The number of fused-ring (bicyclic) bond motifs is 2. The van der Waals surface area contributed by atoms with Gasteiger partial charge in [0.25, 0.3) is 5.92 Å². The highest BCUT2D eigenvalue weighted by Gasteiger charge is 2.43. The van der Waals surface area contributed by atoms with E-state index in [-0.39, 0.29) is 44.8 Å². The van der Waals surface area contributed by atoms with Gasteiger partial charge in [-0.3, -0.25) is 4.79 Å². The molecule has 1 saturated heterocycles. The largest absolute Gasteiger partial charge is 0.486 e. The molecule has 222 valence electrons. The van der Waals surface area contributed by atoms with E-state index in [1.54, 1.807) is 4.90 Å². The summed E-state index contributed by atoms with van der Waals surface area (Å²) in [5, 5.41) is 13.3.